The van der Waals surface area contributed by atoms with Crippen molar-refractivity contribution in [1.82, 2.24) is 20.2 Å². The van der Waals surface area contributed by atoms with Gasteiger partial charge in [0.1, 0.15) is 0 Å². The number of aryl methyl sites for hydroxylation is 3. The molecule has 0 aliphatic heterocycles. The maximum atomic E-state index is 4.85. The summed E-state index contributed by atoms with van der Waals surface area (Å²) in [7, 11) is 0. The van der Waals surface area contributed by atoms with E-state index >= 15 is 0 Å². The van der Waals surface area contributed by atoms with Crippen LogP contribution < -0.4 is 11.1 Å². The highest BCUT2D eigenvalue weighted by atomic mass is 15.1. The molecule has 0 atom stereocenters. The summed E-state index contributed by atoms with van der Waals surface area (Å²) in [5.41, 5.74) is 12.0. The average Bonchev–Trinajstić information content (AvgIpc) is 2.65. The molecule has 0 fully saturated rings. The van der Waals surface area contributed by atoms with E-state index in [0.29, 0.717) is 0 Å². The van der Waals surface area contributed by atoms with Crippen LogP contribution in [0.2, 0.25) is 0 Å². The van der Waals surface area contributed by atoms with E-state index in [1.165, 1.54) is 16.8 Å². The van der Waals surface area contributed by atoms with Gasteiger partial charge in [-0.2, -0.15) is 0 Å². The first kappa shape index (κ1) is 24.2. The standard InChI is InChI=1S/C21H32N4.C2H7N/c1-6-18-9-16(4)11-20(23-18)14-25(8-3)15-21-12-17(5)10-19(24-21)13-22-7-2;1-2-3/h9-12,22H,6-8,13-15H2,1-5H3;2-3H2,1H3. The van der Waals surface area contributed by atoms with Gasteiger partial charge in [0.05, 0.1) is 17.1 Å². The van der Waals surface area contributed by atoms with E-state index in [4.69, 9.17) is 15.7 Å². The van der Waals surface area contributed by atoms with Crippen LogP contribution in [0.5, 0.6) is 0 Å². The van der Waals surface area contributed by atoms with Gasteiger partial charge < -0.3 is 11.1 Å². The molecule has 156 valence electrons. The topological polar surface area (TPSA) is 67.1 Å². The Morgan fingerprint density at radius 2 is 1.29 bits per heavy atom. The van der Waals surface area contributed by atoms with Crippen LogP contribution >= 0.6 is 0 Å². The van der Waals surface area contributed by atoms with Crippen molar-refractivity contribution in [2.24, 2.45) is 5.73 Å². The minimum absolute atomic E-state index is 0.750. The Hall–Kier alpha value is -1.82. The van der Waals surface area contributed by atoms with Crippen molar-refractivity contribution >= 4 is 0 Å². The molecule has 2 rings (SSSR count). The van der Waals surface area contributed by atoms with E-state index in [0.717, 1.165) is 62.8 Å². The normalized spacial score (nSPS) is 10.7. The third-order valence-electron chi connectivity index (χ3n) is 4.29. The molecule has 5 heteroatoms. The van der Waals surface area contributed by atoms with Crippen molar-refractivity contribution in [3.63, 3.8) is 0 Å². The van der Waals surface area contributed by atoms with Gasteiger partial charge in [-0.15, -0.1) is 0 Å². The number of nitrogens with one attached hydrogen (secondary N) is 1. The van der Waals surface area contributed by atoms with Gasteiger partial charge in [0.15, 0.2) is 0 Å². The molecule has 0 saturated carbocycles. The second-order valence-electron chi connectivity index (χ2n) is 7.10. The molecule has 5 nitrogen and oxygen atoms in total. The van der Waals surface area contributed by atoms with E-state index in [2.05, 4.69) is 69.1 Å². The summed E-state index contributed by atoms with van der Waals surface area (Å²) >= 11 is 0. The lowest BCUT2D eigenvalue weighted by atomic mass is 10.1. The molecule has 28 heavy (non-hydrogen) atoms. The molecule has 3 N–H and O–H groups in total. The molecule has 0 amide bonds. The van der Waals surface area contributed by atoms with Crippen LogP contribution in [0.3, 0.4) is 0 Å². The Kier molecular flexibility index (Phi) is 11.6. The van der Waals surface area contributed by atoms with Crippen molar-refractivity contribution in [1.29, 1.82) is 0 Å². The lowest BCUT2D eigenvalue weighted by molar-refractivity contribution is 0.264. The van der Waals surface area contributed by atoms with Gasteiger partial charge >= 0.3 is 0 Å². The maximum Gasteiger partial charge on any atom is 0.0550 e. The second-order valence-corrected chi connectivity index (χ2v) is 7.10. The van der Waals surface area contributed by atoms with E-state index in [9.17, 15) is 0 Å². The number of pyridine rings is 2. The van der Waals surface area contributed by atoms with E-state index in [-0.39, 0.29) is 0 Å². The fourth-order valence-corrected chi connectivity index (χ4v) is 3.06. The number of nitrogens with two attached hydrogens (primary N) is 1. The van der Waals surface area contributed by atoms with E-state index in [1.807, 2.05) is 6.92 Å². The zero-order valence-electron chi connectivity index (χ0n) is 18.7. The van der Waals surface area contributed by atoms with Crippen LogP contribution in [-0.2, 0) is 26.1 Å². The van der Waals surface area contributed by atoms with Crippen LogP contribution in [0.4, 0.5) is 0 Å². The minimum atomic E-state index is 0.750. The fraction of sp³-hybridized carbons (Fsp3) is 0.565. The number of nitrogens with zero attached hydrogens (tertiary/aromatic N) is 3. The first-order valence-corrected chi connectivity index (χ1v) is 10.5. The molecule has 2 heterocycles. The number of rotatable bonds is 9. The molecule has 2 aromatic rings. The number of hydrogen-bond donors (Lipinski definition) is 2. The second kappa shape index (κ2) is 13.4. The van der Waals surface area contributed by atoms with E-state index < -0.39 is 0 Å². The maximum absolute atomic E-state index is 4.85. The van der Waals surface area contributed by atoms with Crippen molar-refractivity contribution < 1.29 is 0 Å². The first-order valence-electron chi connectivity index (χ1n) is 10.5. The Morgan fingerprint density at radius 3 is 1.75 bits per heavy atom. The number of hydrogen-bond acceptors (Lipinski definition) is 5. The predicted octanol–water partition coefficient (Wildman–Crippen LogP) is 3.75. The molecular formula is C23H39N5. The summed E-state index contributed by atoms with van der Waals surface area (Å²) < 4.78 is 0. The summed E-state index contributed by atoms with van der Waals surface area (Å²) in [6, 6.07) is 8.73. The van der Waals surface area contributed by atoms with Crippen LogP contribution in [0.25, 0.3) is 0 Å². The Balaban J connectivity index is 0.00000122. The van der Waals surface area contributed by atoms with Gasteiger partial charge in [-0.3, -0.25) is 14.9 Å². The highest BCUT2D eigenvalue weighted by Crippen LogP contribution is 2.12. The third-order valence-corrected chi connectivity index (χ3v) is 4.29. The molecule has 0 aromatic carbocycles. The molecule has 0 saturated heterocycles. The molecule has 0 aliphatic carbocycles. The van der Waals surface area contributed by atoms with Crippen molar-refractivity contribution in [2.75, 3.05) is 19.6 Å². The Labute approximate surface area is 171 Å². The third kappa shape index (κ3) is 8.91. The SMILES string of the molecule is CCN.CCNCc1cc(C)cc(CN(CC)Cc2cc(C)cc(CC)n2)n1. The lowest BCUT2D eigenvalue weighted by Gasteiger charge is -2.21. The first-order chi connectivity index (χ1) is 13.4. The summed E-state index contributed by atoms with van der Waals surface area (Å²) in [5.74, 6) is 0. The largest absolute Gasteiger partial charge is 0.331 e. The lowest BCUT2D eigenvalue weighted by Crippen LogP contribution is -2.24. The Bertz CT molecular complexity index is 699. The van der Waals surface area contributed by atoms with Gasteiger partial charge in [0.2, 0.25) is 0 Å². The number of aromatic nitrogens is 2. The smallest absolute Gasteiger partial charge is 0.0550 e. The zero-order valence-corrected chi connectivity index (χ0v) is 18.7. The highest BCUT2D eigenvalue weighted by Gasteiger charge is 2.10. The summed E-state index contributed by atoms with van der Waals surface area (Å²) in [6.45, 7) is 17.9. The molecule has 0 unspecified atom stereocenters. The van der Waals surface area contributed by atoms with E-state index in [1.54, 1.807) is 0 Å². The van der Waals surface area contributed by atoms with Gasteiger partial charge in [-0.1, -0.05) is 27.7 Å². The summed E-state index contributed by atoms with van der Waals surface area (Å²) in [5, 5.41) is 3.36. The summed E-state index contributed by atoms with van der Waals surface area (Å²) in [4.78, 5) is 12.0. The molecular weight excluding hydrogens is 346 g/mol. The molecule has 0 radical (unpaired) electrons. The van der Waals surface area contributed by atoms with Crippen molar-refractivity contribution in [3.05, 3.63) is 58.2 Å². The van der Waals surface area contributed by atoms with Gasteiger partial charge in [-0.25, -0.2) is 0 Å². The van der Waals surface area contributed by atoms with Crippen molar-refractivity contribution in [3.8, 4) is 0 Å². The van der Waals surface area contributed by atoms with Gasteiger partial charge in [0, 0.05) is 25.3 Å². The minimum Gasteiger partial charge on any atom is -0.331 e. The quantitative estimate of drug-likeness (QED) is 0.688. The van der Waals surface area contributed by atoms with Crippen LogP contribution in [0.1, 0.15) is 61.6 Å². The van der Waals surface area contributed by atoms with Gasteiger partial charge in [0.25, 0.3) is 0 Å². The van der Waals surface area contributed by atoms with Crippen LogP contribution in [-0.4, -0.2) is 34.5 Å². The monoisotopic (exact) mass is 385 g/mol. The van der Waals surface area contributed by atoms with Crippen molar-refractivity contribution in [2.45, 2.75) is 67.6 Å². The van der Waals surface area contributed by atoms with Gasteiger partial charge in [-0.05, 0) is 75.3 Å². The average molecular weight is 386 g/mol. The fourth-order valence-electron chi connectivity index (χ4n) is 3.06. The zero-order chi connectivity index (χ0) is 20.9. The molecule has 0 aliphatic rings. The Morgan fingerprint density at radius 1 is 0.821 bits per heavy atom. The summed E-state index contributed by atoms with van der Waals surface area (Å²) in [6.07, 6.45) is 0.980. The predicted molar refractivity (Wildman–Crippen MR) is 119 cm³/mol. The molecule has 2 aromatic heterocycles. The van der Waals surface area contributed by atoms with Crippen LogP contribution in [0, 0.1) is 13.8 Å². The highest BCUT2D eigenvalue weighted by molar-refractivity contribution is 5.22. The van der Waals surface area contributed by atoms with Crippen LogP contribution in [0.15, 0.2) is 24.3 Å². The molecule has 0 bridgehead atoms. The molecule has 0 spiro atoms.